The number of para-hydroxylation sites is 1. The van der Waals surface area contributed by atoms with Crippen LogP contribution in [0.15, 0.2) is 53.0 Å². The van der Waals surface area contributed by atoms with Crippen LogP contribution in [-0.4, -0.2) is 42.5 Å². The van der Waals surface area contributed by atoms with Crippen LogP contribution in [0.2, 0.25) is 0 Å². The maximum absolute atomic E-state index is 12.5. The van der Waals surface area contributed by atoms with Gasteiger partial charge >= 0.3 is 5.97 Å². The molecule has 0 aliphatic carbocycles. The van der Waals surface area contributed by atoms with E-state index in [2.05, 4.69) is 26.2 Å². The summed E-state index contributed by atoms with van der Waals surface area (Å²) in [6, 6.07) is 14.3. The Kier molecular flexibility index (Phi) is 6.95. The Labute approximate surface area is 179 Å². The van der Waals surface area contributed by atoms with E-state index in [0.717, 1.165) is 14.7 Å². The van der Waals surface area contributed by atoms with E-state index in [1.54, 1.807) is 24.3 Å². The number of carbonyl (C=O) groups is 3. The number of halogens is 1. The van der Waals surface area contributed by atoms with Crippen LogP contribution in [0.4, 0.5) is 5.13 Å². The molecule has 0 fully saturated rings. The molecule has 1 N–H and O–H groups in total. The topological polar surface area (TPSA) is 88.6 Å². The number of benzene rings is 2. The molecule has 1 aromatic heterocycles. The summed E-state index contributed by atoms with van der Waals surface area (Å²) in [5.41, 5.74) is 1.23. The van der Waals surface area contributed by atoms with Crippen LogP contribution in [0.3, 0.4) is 0 Å². The summed E-state index contributed by atoms with van der Waals surface area (Å²) in [6.07, 6.45) is 0. The number of likely N-dealkylation sites (N-methyl/N-ethyl adjacent to an activating group) is 1. The van der Waals surface area contributed by atoms with Crippen molar-refractivity contribution < 1.29 is 19.1 Å². The summed E-state index contributed by atoms with van der Waals surface area (Å²) in [6.45, 7) is 1.48. The molecule has 0 saturated heterocycles. The number of ether oxygens (including phenoxy) is 1. The predicted molar refractivity (Wildman–Crippen MR) is 115 cm³/mol. The zero-order valence-electron chi connectivity index (χ0n) is 15.6. The molecule has 2 aromatic carbocycles. The lowest BCUT2D eigenvalue weighted by molar-refractivity contribution is -0.146. The number of hydrogen-bond acceptors (Lipinski definition) is 6. The molecule has 0 saturated carbocycles. The Morgan fingerprint density at radius 1 is 1.14 bits per heavy atom. The molecule has 9 heteroatoms. The van der Waals surface area contributed by atoms with Crippen LogP contribution in [0, 0.1) is 0 Å². The Bertz CT molecular complexity index is 1000. The van der Waals surface area contributed by atoms with E-state index in [-0.39, 0.29) is 12.5 Å². The second-order valence-electron chi connectivity index (χ2n) is 5.95. The molecule has 0 aliphatic heterocycles. The molecule has 0 atom stereocenters. The van der Waals surface area contributed by atoms with Gasteiger partial charge in [-0.1, -0.05) is 39.4 Å². The molecule has 1 heterocycles. The van der Waals surface area contributed by atoms with Crippen molar-refractivity contribution in [3.05, 3.63) is 58.6 Å². The van der Waals surface area contributed by atoms with E-state index in [9.17, 15) is 14.4 Å². The molecular weight excluding hydrogens is 458 g/mol. The summed E-state index contributed by atoms with van der Waals surface area (Å²) in [5.74, 6) is -1.46. The highest BCUT2D eigenvalue weighted by atomic mass is 79.9. The maximum atomic E-state index is 12.5. The highest BCUT2D eigenvalue weighted by molar-refractivity contribution is 9.10. The van der Waals surface area contributed by atoms with Crippen molar-refractivity contribution in [1.29, 1.82) is 0 Å². The third kappa shape index (κ3) is 5.39. The highest BCUT2D eigenvalue weighted by Gasteiger charge is 2.19. The summed E-state index contributed by atoms with van der Waals surface area (Å²) >= 11 is 4.69. The molecule has 29 heavy (non-hydrogen) atoms. The smallest absolute Gasteiger partial charge is 0.325 e. The molecule has 0 unspecified atom stereocenters. The molecule has 3 rings (SSSR count). The standard InChI is InChI=1S/C20H18BrN3O4S/c1-2-24(20-23-15-5-3-4-6-16(15)29-20)17(25)12-28-18(26)11-22-19(27)13-7-9-14(21)10-8-13/h3-10H,2,11-12H2,1H3,(H,22,27). The van der Waals surface area contributed by atoms with Crippen molar-refractivity contribution in [1.82, 2.24) is 10.3 Å². The minimum absolute atomic E-state index is 0.324. The van der Waals surface area contributed by atoms with Crippen molar-refractivity contribution in [2.75, 3.05) is 24.6 Å². The van der Waals surface area contributed by atoms with Crippen molar-refractivity contribution in [2.45, 2.75) is 6.92 Å². The van der Waals surface area contributed by atoms with E-state index in [0.29, 0.717) is 17.2 Å². The number of thiazole rings is 1. The van der Waals surface area contributed by atoms with Crippen molar-refractivity contribution >= 4 is 60.4 Å². The molecule has 7 nitrogen and oxygen atoms in total. The minimum atomic E-state index is -0.691. The van der Waals surface area contributed by atoms with Crippen LogP contribution in [-0.2, 0) is 14.3 Å². The lowest BCUT2D eigenvalue weighted by Crippen LogP contribution is -2.36. The lowest BCUT2D eigenvalue weighted by atomic mass is 10.2. The fourth-order valence-corrected chi connectivity index (χ4v) is 3.83. The van der Waals surface area contributed by atoms with E-state index in [1.807, 2.05) is 31.2 Å². The second kappa shape index (κ2) is 9.62. The van der Waals surface area contributed by atoms with Crippen LogP contribution in [0.5, 0.6) is 0 Å². The number of nitrogens with zero attached hydrogens (tertiary/aromatic N) is 2. The summed E-state index contributed by atoms with van der Waals surface area (Å²) in [5, 5.41) is 3.02. The summed E-state index contributed by atoms with van der Waals surface area (Å²) < 4.78 is 6.83. The number of rotatable bonds is 7. The molecule has 3 aromatic rings. The fraction of sp³-hybridized carbons (Fsp3) is 0.200. The average molecular weight is 476 g/mol. The number of fused-ring (bicyclic) bond motifs is 1. The molecule has 0 aliphatic rings. The Morgan fingerprint density at radius 3 is 2.55 bits per heavy atom. The van der Waals surface area contributed by atoms with Gasteiger partial charge in [-0.15, -0.1) is 0 Å². The first-order chi connectivity index (χ1) is 14.0. The van der Waals surface area contributed by atoms with Gasteiger partial charge in [0.15, 0.2) is 11.7 Å². The van der Waals surface area contributed by atoms with Gasteiger partial charge in [0.05, 0.1) is 10.2 Å². The number of aromatic nitrogens is 1. The first-order valence-electron chi connectivity index (χ1n) is 8.83. The molecule has 0 spiro atoms. The zero-order valence-corrected chi connectivity index (χ0v) is 18.0. The number of carbonyl (C=O) groups excluding carboxylic acids is 3. The molecule has 150 valence electrons. The number of anilines is 1. The van der Waals surface area contributed by atoms with Gasteiger partial charge in [-0.25, -0.2) is 4.98 Å². The van der Waals surface area contributed by atoms with Gasteiger partial charge in [0.2, 0.25) is 0 Å². The van der Waals surface area contributed by atoms with Gasteiger partial charge in [0.1, 0.15) is 6.54 Å². The number of amides is 2. The fourth-order valence-electron chi connectivity index (χ4n) is 2.52. The van der Waals surface area contributed by atoms with Crippen LogP contribution < -0.4 is 10.2 Å². The van der Waals surface area contributed by atoms with Crippen molar-refractivity contribution in [3.8, 4) is 0 Å². The van der Waals surface area contributed by atoms with Crippen LogP contribution in [0.1, 0.15) is 17.3 Å². The average Bonchev–Trinajstić information content (AvgIpc) is 3.15. The first kappa shape index (κ1) is 20.9. The second-order valence-corrected chi connectivity index (χ2v) is 7.88. The SMILES string of the molecule is CCN(C(=O)COC(=O)CNC(=O)c1ccc(Br)cc1)c1nc2ccccc2s1. The Morgan fingerprint density at radius 2 is 1.86 bits per heavy atom. The first-order valence-corrected chi connectivity index (χ1v) is 10.4. The monoisotopic (exact) mass is 475 g/mol. The van der Waals surface area contributed by atoms with Gasteiger partial charge in [-0.3, -0.25) is 19.3 Å². The Hall–Kier alpha value is -2.78. The number of nitrogens with one attached hydrogen (secondary N) is 1. The van der Waals surface area contributed by atoms with Gasteiger partial charge < -0.3 is 10.1 Å². The van der Waals surface area contributed by atoms with Gasteiger partial charge in [-0.2, -0.15) is 0 Å². The Balaban J connectivity index is 1.51. The zero-order chi connectivity index (χ0) is 20.8. The third-order valence-corrected chi connectivity index (χ3v) is 5.58. The highest BCUT2D eigenvalue weighted by Crippen LogP contribution is 2.28. The maximum Gasteiger partial charge on any atom is 0.325 e. The molecule has 0 radical (unpaired) electrons. The van der Waals surface area contributed by atoms with E-state index >= 15 is 0 Å². The van der Waals surface area contributed by atoms with Crippen LogP contribution in [0.25, 0.3) is 10.2 Å². The number of hydrogen-bond donors (Lipinski definition) is 1. The van der Waals surface area contributed by atoms with E-state index in [4.69, 9.17) is 4.74 Å². The quantitative estimate of drug-likeness (QED) is 0.529. The van der Waals surface area contributed by atoms with Gasteiger partial charge in [0.25, 0.3) is 11.8 Å². The van der Waals surface area contributed by atoms with E-state index in [1.165, 1.54) is 16.2 Å². The third-order valence-electron chi connectivity index (χ3n) is 3.99. The number of esters is 1. The minimum Gasteiger partial charge on any atom is -0.454 e. The summed E-state index contributed by atoms with van der Waals surface area (Å²) in [4.78, 5) is 42.3. The normalized spacial score (nSPS) is 10.6. The summed E-state index contributed by atoms with van der Waals surface area (Å²) in [7, 11) is 0. The van der Waals surface area contributed by atoms with Crippen LogP contribution >= 0.6 is 27.3 Å². The van der Waals surface area contributed by atoms with Gasteiger partial charge in [0, 0.05) is 16.6 Å². The van der Waals surface area contributed by atoms with Crippen molar-refractivity contribution in [3.63, 3.8) is 0 Å². The predicted octanol–water partition coefficient (Wildman–Crippen LogP) is 3.38. The largest absolute Gasteiger partial charge is 0.454 e. The van der Waals surface area contributed by atoms with Gasteiger partial charge in [-0.05, 0) is 43.3 Å². The van der Waals surface area contributed by atoms with Crippen molar-refractivity contribution in [2.24, 2.45) is 0 Å². The lowest BCUT2D eigenvalue weighted by Gasteiger charge is -2.17. The molecule has 0 bridgehead atoms. The van der Waals surface area contributed by atoms with E-state index < -0.39 is 18.5 Å². The molecule has 2 amide bonds. The molecular formula is C20H18BrN3O4S.